The molecule has 96 valence electrons. The van der Waals surface area contributed by atoms with Gasteiger partial charge in [0.15, 0.2) is 6.29 Å². The summed E-state index contributed by atoms with van der Waals surface area (Å²) in [5.74, 6) is 0. The van der Waals surface area contributed by atoms with E-state index in [0.29, 0.717) is 0 Å². The van der Waals surface area contributed by atoms with Gasteiger partial charge in [0, 0.05) is 23.5 Å². The number of hydrogen-bond donors (Lipinski definition) is 0. The second-order valence-electron chi connectivity index (χ2n) is 3.29. The molecule has 0 atom stereocenters. The standard InChI is InChI=1S/C10H24O2Si.2BrH.Mg/c1-3-5-7-11-10(9-13)12-8-6-4-2;;;/h10H,3-9H2,1-2,13H3;2*1H;/q;;;+2/p-2. The maximum atomic E-state index is 5.59. The summed E-state index contributed by atoms with van der Waals surface area (Å²) in [6.45, 7) is 6.07. The minimum Gasteiger partial charge on any atom is -1.00 e. The Morgan fingerprint density at radius 1 is 0.938 bits per heavy atom. The van der Waals surface area contributed by atoms with Crippen LogP contribution in [0.2, 0.25) is 6.04 Å². The first-order chi connectivity index (χ1) is 6.35. The summed E-state index contributed by atoms with van der Waals surface area (Å²) in [4.78, 5) is 0. The van der Waals surface area contributed by atoms with Crippen molar-refractivity contribution in [1.29, 1.82) is 0 Å². The minimum atomic E-state index is 0. The van der Waals surface area contributed by atoms with Crippen LogP contribution in [0.1, 0.15) is 39.5 Å². The smallest absolute Gasteiger partial charge is 1.00 e. The van der Waals surface area contributed by atoms with E-state index in [1.165, 1.54) is 12.8 Å². The molecule has 6 heteroatoms. The van der Waals surface area contributed by atoms with E-state index in [2.05, 4.69) is 13.8 Å². The van der Waals surface area contributed by atoms with Gasteiger partial charge in [-0.15, -0.1) is 0 Å². The summed E-state index contributed by atoms with van der Waals surface area (Å²) in [6.07, 6.45) is 4.78. The van der Waals surface area contributed by atoms with E-state index in [4.69, 9.17) is 9.47 Å². The molecule has 0 rings (SSSR count). The molecule has 0 heterocycles. The van der Waals surface area contributed by atoms with Crippen molar-refractivity contribution in [3.05, 3.63) is 0 Å². The zero-order valence-electron chi connectivity index (χ0n) is 10.8. The van der Waals surface area contributed by atoms with Crippen LogP contribution in [0.5, 0.6) is 0 Å². The number of halogens is 2. The molecule has 0 aliphatic heterocycles. The van der Waals surface area contributed by atoms with Gasteiger partial charge in [0.05, 0.1) is 0 Å². The molecule has 0 N–H and O–H groups in total. The molecule has 2 nitrogen and oxygen atoms in total. The fraction of sp³-hybridized carbons (Fsp3) is 1.00. The van der Waals surface area contributed by atoms with Gasteiger partial charge in [-0.2, -0.15) is 0 Å². The van der Waals surface area contributed by atoms with Crippen molar-refractivity contribution in [1.82, 2.24) is 0 Å². The Labute approximate surface area is 141 Å². The molecule has 0 spiro atoms. The molecule has 0 aliphatic carbocycles. The van der Waals surface area contributed by atoms with Crippen molar-refractivity contribution >= 4 is 33.3 Å². The van der Waals surface area contributed by atoms with Crippen LogP contribution < -0.4 is 34.0 Å². The van der Waals surface area contributed by atoms with Crippen molar-refractivity contribution in [2.45, 2.75) is 51.9 Å². The fourth-order valence-corrected chi connectivity index (χ4v) is 1.47. The SMILES string of the molecule is CCCCOC(C[SiH3])OCCCC.[Br-].[Br-].[Mg+2]. The minimum absolute atomic E-state index is 0. The first-order valence-corrected chi connectivity index (χ1v) is 6.99. The number of ether oxygens (including phenoxy) is 2. The topological polar surface area (TPSA) is 18.5 Å². The average molecular weight is 388 g/mol. The van der Waals surface area contributed by atoms with Gasteiger partial charge in [0.1, 0.15) is 0 Å². The Bertz CT molecular complexity index is 103. The van der Waals surface area contributed by atoms with E-state index < -0.39 is 0 Å². The Hall–Kier alpha value is 1.86. The second kappa shape index (κ2) is 22.1. The van der Waals surface area contributed by atoms with E-state index in [9.17, 15) is 0 Å². The van der Waals surface area contributed by atoms with Gasteiger partial charge in [-0.05, 0) is 18.9 Å². The van der Waals surface area contributed by atoms with Crippen LogP contribution in [0.3, 0.4) is 0 Å². The predicted octanol–water partition coefficient (Wildman–Crippen LogP) is -4.64. The molecule has 0 saturated carbocycles. The third-order valence-corrected chi connectivity index (χ3v) is 2.60. The second-order valence-corrected chi connectivity index (χ2v) is 4.10. The zero-order chi connectivity index (χ0) is 9.94. The Kier molecular flexibility index (Phi) is 36.5. The van der Waals surface area contributed by atoms with Gasteiger partial charge in [0.2, 0.25) is 0 Å². The Morgan fingerprint density at radius 2 is 1.31 bits per heavy atom. The summed E-state index contributed by atoms with van der Waals surface area (Å²) < 4.78 is 11.2. The van der Waals surface area contributed by atoms with Gasteiger partial charge in [0.25, 0.3) is 0 Å². The average Bonchev–Trinajstić information content (AvgIpc) is 2.16. The maximum Gasteiger partial charge on any atom is 2.00 e. The monoisotopic (exact) mass is 386 g/mol. The zero-order valence-corrected chi connectivity index (χ0v) is 17.4. The summed E-state index contributed by atoms with van der Waals surface area (Å²) in [6, 6.07) is 1.09. The Morgan fingerprint density at radius 3 is 1.56 bits per heavy atom. The normalized spacial score (nSPS) is 9.19. The van der Waals surface area contributed by atoms with Gasteiger partial charge < -0.3 is 43.4 Å². The predicted molar refractivity (Wildman–Crippen MR) is 66.0 cm³/mol. The van der Waals surface area contributed by atoms with Crippen LogP contribution in [0.4, 0.5) is 0 Å². The largest absolute Gasteiger partial charge is 2.00 e. The van der Waals surface area contributed by atoms with E-state index in [1.54, 1.807) is 0 Å². The van der Waals surface area contributed by atoms with Crippen LogP contribution in [-0.4, -0.2) is 52.8 Å². The van der Waals surface area contributed by atoms with Crippen molar-refractivity contribution in [2.24, 2.45) is 0 Å². The van der Waals surface area contributed by atoms with Gasteiger partial charge in [-0.25, -0.2) is 0 Å². The van der Waals surface area contributed by atoms with Crippen molar-refractivity contribution in [3.63, 3.8) is 0 Å². The Balaban J connectivity index is -0.000000240. The number of hydrogen-bond acceptors (Lipinski definition) is 2. The molecule has 0 bridgehead atoms. The van der Waals surface area contributed by atoms with Crippen molar-refractivity contribution < 1.29 is 43.4 Å². The first kappa shape index (κ1) is 26.4. The molecule has 0 aliphatic rings. The van der Waals surface area contributed by atoms with Crippen LogP contribution in [0, 0.1) is 0 Å². The van der Waals surface area contributed by atoms with Gasteiger partial charge in [-0.1, -0.05) is 26.7 Å². The van der Waals surface area contributed by atoms with Gasteiger partial charge >= 0.3 is 23.1 Å². The quantitative estimate of drug-likeness (QED) is 0.225. The first-order valence-electron chi connectivity index (χ1n) is 5.58. The summed E-state index contributed by atoms with van der Waals surface area (Å²) in [5.41, 5.74) is 0. The molecule has 0 aromatic heterocycles. The third kappa shape index (κ3) is 18.2. The maximum absolute atomic E-state index is 5.59. The van der Waals surface area contributed by atoms with Gasteiger partial charge in [-0.3, -0.25) is 0 Å². The summed E-state index contributed by atoms with van der Waals surface area (Å²) >= 11 is 0. The molecule has 0 aromatic carbocycles. The van der Waals surface area contributed by atoms with Crippen LogP contribution in [-0.2, 0) is 9.47 Å². The van der Waals surface area contributed by atoms with E-state index in [-0.39, 0.29) is 63.3 Å². The van der Waals surface area contributed by atoms with Crippen molar-refractivity contribution in [3.8, 4) is 0 Å². The van der Waals surface area contributed by atoms with Crippen LogP contribution >= 0.6 is 0 Å². The van der Waals surface area contributed by atoms with E-state index in [0.717, 1.165) is 42.3 Å². The molecular formula is C10H24Br2MgO2Si. The molecule has 0 unspecified atom stereocenters. The van der Waals surface area contributed by atoms with E-state index in [1.807, 2.05) is 0 Å². The third-order valence-electron chi connectivity index (χ3n) is 1.94. The number of rotatable bonds is 9. The molecular weight excluding hydrogens is 364 g/mol. The van der Waals surface area contributed by atoms with Crippen LogP contribution in [0.25, 0.3) is 0 Å². The summed E-state index contributed by atoms with van der Waals surface area (Å²) in [5, 5.41) is 0. The molecule has 0 radical (unpaired) electrons. The van der Waals surface area contributed by atoms with E-state index >= 15 is 0 Å². The van der Waals surface area contributed by atoms with Crippen molar-refractivity contribution in [2.75, 3.05) is 13.2 Å². The molecule has 0 amide bonds. The fourth-order valence-electron chi connectivity index (χ4n) is 1.00. The summed E-state index contributed by atoms with van der Waals surface area (Å²) in [7, 11) is 1.16. The van der Waals surface area contributed by atoms with Crippen LogP contribution in [0.15, 0.2) is 0 Å². The molecule has 0 aromatic rings. The number of unbranched alkanes of at least 4 members (excludes halogenated alkanes) is 2. The molecule has 0 saturated heterocycles. The molecule has 0 fully saturated rings. The molecule has 16 heavy (non-hydrogen) atoms.